The van der Waals surface area contributed by atoms with Crippen LogP contribution < -0.4 is 5.73 Å². The number of benzene rings is 1. The monoisotopic (exact) mass is 272 g/mol. The molecular formula is C14H19F3N2. The molecule has 2 N–H and O–H groups in total. The average molecular weight is 272 g/mol. The summed E-state index contributed by atoms with van der Waals surface area (Å²) in [6, 6.07) is 1.70. The van der Waals surface area contributed by atoms with Gasteiger partial charge in [0.25, 0.3) is 0 Å². The molecule has 0 amide bonds. The number of halogens is 3. The maximum Gasteiger partial charge on any atom is 0.161 e. The van der Waals surface area contributed by atoms with Crippen LogP contribution in [-0.2, 0) is 6.54 Å². The van der Waals surface area contributed by atoms with Crippen molar-refractivity contribution < 1.29 is 13.2 Å². The number of nitrogens with two attached hydrogens (primary N) is 1. The zero-order valence-corrected chi connectivity index (χ0v) is 11.0. The van der Waals surface area contributed by atoms with E-state index in [-0.39, 0.29) is 24.2 Å². The van der Waals surface area contributed by atoms with Crippen LogP contribution in [0.3, 0.4) is 0 Å². The maximum atomic E-state index is 13.6. The molecule has 0 unspecified atom stereocenters. The summed E-state index contributed by atoms with van der Waals surface area (Å²) in [6.07, 6.45) is 3.08. The zero-order valence-electron chi connectivity index (χ0n) is 11.0. The molecule has 1 fully saturated rings. The molecular weight excluding hydrogens is 253 g/mol. The quantitative estimate of drug-likeness (QED) is 0.857. The molecule has 1 saturated heterocycles. The fourth-order valence-electron chi connectivity index (χ4n) is 2.71. The van der Waals surface area contributed by atoms with Crippen LogP contribution in [0.1, 0.15) is 31.7 Å². The minimum atomic E-state index is -1.15. The minimum absolute atomic E-state index is 0.0198. The molecule has 0 aromatic heterocycles. The smallest absolute Gasteiger partial charge is 0.161 e. The largest absolute Gasteiger partial charge is 0.327 e. The second kappa shape index (κ2) is 5.92. The van der Waals surface area contributed by atoms with Gasteiger partial charge in [0.05, 0.1) is 0 Å². The molecule has 2 rings (SSSR count). The Bertz CT molecular complexity index is 449. The van der Waals surface area contributed by atoms with Crippen LogP contribution in [0.15, 0.2) is 12.1 Å². The van der Waals surface area contributed by atoms with Crippen molar-refractivity contribution in [3.05, 3.63) is 35.1 Å². The number of hydrogen-bond acceptors (Lipinski definition) is 2. The SMILES string of the molecule is C[C@H](N)[C@H]1CCCCN1Cc1cc(F)c(F)cc1F. The molecule has 1 heterocycles. The first-order valence-corrected chi connectivity index (χ1v) is 6.62. The Hall–Kier alpha value is -1.07. The molecule has 1 aliphatic heterocycles. The van der Waals surface area contributed by atoms with Crippen LogP contribution in [0.2, 0.25) is 0 Å². The van der Waals surface area contributed by atoms with Gasteiger partial charge in [-0.05, 0) is 32.4 Å². The van der Waals surface area contributed by atoms with E-state index in [1.165, 1.54) is 0 Å². The number of piperidine rings is 1. The number of rotatable bonds is 3. The maximum absolute atomic E-state index is 13.6. The molecule has 2 nitrogen and oxygen atoms in total. The van der Waals surface area contributed by atoms with Crippen LogP contribution in [0.4, 0.5) is 13.2 Å². The summed E-state index contributed by atoms with van der Waals surface area (Å²) < 4.78 is 39.7. The molecule has 106 valence electrons. The highest BCUT2D eigenvalue weighted by Gasteiger charge is 2.26. The van der Waals surface area contributed by atoms with Gasteiger partial charge in [-0.2, -0.15) is 0 Å². The lowest BCUT2D eigenvalue weighted by molar-refractivity contribution is 0.121. The van der Waals surface area contributed by atoms with Gasteiger partial charge in [0.1, 0.15) is 5.82 Å². The van der Waals surface area contributed by atoms with Crippen LogP contribution in [0, 0.1) is 17.5 Å². The van der Waals surface area contributed by atoms with Gasteiger partial charge < -0.3 is 5.73 Å². The van der Waals surface area contributed by atoms with E-state index in [2.05, 4.69) is 4.90 Å². The molecule has 1 aromatic carbocycles. The van der Waals surface area contributed by atoms with E-state index in [9.17, 15) is 13.2 Å². The summed E-state index contributed by atoms with van der Waals surface area (Å²) in [7, 11) is 0. The van der Waals surface area contributed by atoms with Gasteiger partial charge in [0.15, 0.2) is 11.6 Å². The first-order chi connectivity index (χ1) is 8.99. The van der Waals surface area contributed by atoms with Gasteiger partial charge in [-0.25, -0.2) is 13.2 Å². The summed E-state index contributed by atoms with van der Waals surface area (Å²) in [5.74, 6) is -2.86. The van der Waals surface area contributed by atoms with Crippen molar-refractivity contribution in [2.45, 2.75) is 44.8 Å². The van der Waals surface area contributed by atoms with E-state index >= 15 is 0 Å². The standard InChI is InChI=1S/C14H19F3N2/c1-9(18)14-4-2-3-5-19(14)8-10-6-12(16)13(17)7-11(10)15/h6-7,9,14H,2-5,8,18H2,1H3/t9-,14+/m0/s1. The van der Waals surface area contributed by atoms with Crippen molar-refractivity contribution in [1.29, 1.82) is 0 Å². The summed E-state index contributed by atoms with van der Waals surface area (Å²) in [5, 5.41) is 0. The van der Waals surface area contributed by atoms with E-state index in [0.717, 1.165) is 31.9 Å². The van der Waals surface area contributed by atoms with E-state index in [4.69, 9.17) is 5.73 Å². The Balaban J connectivity index is 2.17. The molecule has 0 spiro atoms. The van der Waals surface area contributed by atoms with Crippen molar-refractivity contribution in [2.24, 2.45) is 5.73 Å². The first kappa shape index (κ1) is 14.3. The second-order valence-electron chi connectivity index (χ2n) is 5.25. The van der Waals surface area contributed by atoms with Gasteiger partial charge in [-0.15, -0.1) is 0 Å². The fraction of sp³-hybridized carbons (Fsp3) is 0.571. The topological polar surface area (TPSA) is 29.3 Å². The Morgan fingerprint density at radius 3 is 2.58 bits per heavy atom. The molecule has 19 heavy (non-hydrogen) atoms. The van der Waals surface area contributed by atoms with Crippen LogP contribution in [0.25, 0.3) is 0 Å². The third-order valence-corrected chi connectivity index (χ3v) is 3.73. The lowest BCUT2D eigenvalue weighted by atomic mass is 9.96. The van der Waals surface area contributed by atoms with Gasteiger partial charge in [-0.1, -0.05) is 6.42 Å². The van der Waals surface area contributed by atoms with Crippen LogP contribution >= 0.6 is 0 Å². The van der Waals surface area contributed by atoms with E-state index in [0.29, 0.717) is 6.07 Å². The summed E-state index contributed by atoms with van der Waals surface area (Å²) in [5.41, 5.74) is 6.12. The molecule has 1 aliphatic rings. The fourth-order valence-corrected chi connectivity index (χ4v) is 2.71. The number of hydrogen-bond donors (Lipinski definition) is 1. The van der Waals surface area contributed by atoms with Crippen molar-refractivity contribution >= 4 is 0 Å². The molecule has 0 aliphatic carbocycles. The zero-order chi connectivity index (χ0) is 14.0. The second-order valence-corrected chi connectivity index (χ2v) is 5.25. The predicted molar refractivity (Wildman–Crippen MR) is 68.0 cm³/mol. The Morgan fingerprint density at radius 2 is 1.89 bits per heavy atom. The highest BCUT2D eigenvalue weighted by atomic mass is 19.2. The van der Waals surface area contributed by atoms with Gasteiger partial charge in [0, 0.05) is 30.3 Å². The average Bonchev–Trinajstić information content (AvgIpc) is 2.36. The normalized spacial score (nSPS) is 22.5. The third kappa shape index (κ3) is 3.28. The Labute approximate surface area is 111 Å². The third-order valence-electron chi connectivity index (χ3n) is 3.73. The van der Waals surface area contributed by atoms with E-state index < -0.39 is 17.5 Å². The van der Waals surface area contributed by atoms with E-state index in [1.54, 1.807) is 0 Å². The number of likely N-dealkylation sites (tertiary alicyclic amines) is 1. The van der Waals surface area contributed by atoms with Gasteiger partial charge >= 0.3 is 0 Å². The van der Waals surface area contributed by atoms with Gasteiger partial charge in [-0.3, -0.25) is 4.90 Å². The first-order valence-electron chi connectivity index (χ1n) is 6.62. The highest BCUT2D eigenvalue weighted by Crippen LogP contribution is 2.23. The predicted octanol–water partition coefficient (Wildman–Crippen LogP) is 2.81. The molecule has 5 heteroatoms. The summed E-state index contributed by atoms with van der Waals surface area (Å²) in [6.45, 7) is 3.00. The van der Waals surface area contributed by atoms with Crippen molar-refractivity contribution in [3.63, 3.8) is 0 Å². The molecule has 0 saturated carbocycles. The summed E-state index contributed by atoms with van der Waals surface area (Å²) >= 11 is 0. The minimum Gasteiger partial charge on any atom is -0.327 e. The van der Waals surface area contributed by atoms with Crippen molar-refractivity contribution in [3.8, 4) is 0 Å². The Morgan fingerprint density at radius 1 is 1.21 bits per heavy atom. The molecule has 0 radical (unpaired) electrons. The summed E-state index contributed by atoms with van der Waals surface area (Å²) in [4.78, 5) is 2.06. The highest BCUT2D eigenvalue weighted by molar-refractivity contribution is 5.20. The van der Waals surface area contributed by atoms with Crippen molar-refractivity contribution in [1.82, 2.24) is 4.90 Å². The lowest BCUT2D eigenvalue weighted by Gasteiger charge is -2.38. The van der Waals surface area contributed by atoms with Gasteiger partial charge in [0.2, 0.25) is 0 Å². The van der Waals surface area contributed by atoms with Crippen LogP contribution in [-0.4, -0.2) is 23.5 Å². The lowest BCUT2D eigenvalue weighted by Crippen LogP contribution is -2.48. The molecule has 1 aromatic rings. The Kier molecular flexibility index (Phi) is 4.47. The van der Waals surface area contributed by atoms with Crippen molar-refractivity contribution in [2.75, 3.05) is 6.54 Å². The molecule has 2 atom stereocenters. The number of nitrogens with zero attached hydrogens (tertiary/aromatic N) is 1. The van der Waals surface area contributed by atoms with E-state index in [1.807, 2.05) is 6.92 Å². The van der Waals surface area contributed by atoms with Crippen LogP contribution in [0.5, 0.6) is 0 Å². The molecule has 0 bridgehead atoms.